The van der Waals surface area contributed by atoms with Gasteiger partial charge >= 0.3 is 0 Å². The van der Waals surface area contributed by atoms with Crippen LogP contribution in [0.2, 0.25) is 0 Å². The van der Waals surface area contributed by atoms with Crippen molar-refractivity contribution in [2.24, 2.45) is 0 Å². The van der Waals surface area contributed by atoms with E-state index in [-0.39, 0.29) is 5.82 Å². The van der Waals surface area contributed by atoms with Crippen LogP contribution in [0.15, 0.2) is 42.6 Å². The summed E-state index contributed by atoms with van der Waals surface area (Å²) in [4.78, 5) is 7.95. The zero-order valence-corrected chi connectivity index (χ0v) is 10.4. The lowest BCUT2D eigenvalue weighted by Gasteiger charge is -2.13. The van der Waals surface area contributed by atoms with Crippen molar-refractivity contribution < 1.29 is 9.13 Å². The Kier molecular flexibility index (Phi) is 3.55. The predicted molar refractivity (Wildman–Crippen MR) is 66.9 cm³/mol. The van der Waals surface area contributed by atoms with Crippen LogP contribution in [0.3, 0.4) is 0 Å². The van der Waals surface area contributed by atoms with Crippen LogP contribution >= 0.6 is 0 Å². The largest absolute Gasteiger partial charge is 0.473 e. The van der Waals surface area contributed by atoms with Crippen molar-refractivity contribution in [2.75, 3.05) is 0 Å². The molecule has 4 heteroatoms. The van der Waals surface area contributed by atoms with Crippen molar-refractivity contribution in [3.63, 3.8) is 0 Å². The molecular formula is C14H15FN2O. The van der Waals surface area contributed by atoms with Gasteiger partial charge in [-0.3, -0.25) is 0 Å². The van der Waals surface area contributed by atoms with Crippen LogP contribution in [0.1, 0.15) is 25.2 Å². The summed E-state index contributed by atoms with van der Waals surface area (Å²) in [5.74, 6) is 0.516. The lowest BCUT2D eigenvalue weighted by Crippen LogP contribution is -2.14. The Hall–Kier alpha value is -1.97. The fraction of sp³-hybridized carbons (Fsp3) is 0.286. The quantitative estimate of drug-likeness (QED) is 0.830. The van der Waals surface area contributed by atoms with Crippen molar-refractivity contribution in [1.82, 2.24) is 9.97 Å². The van der Waals surface area contributed by atoms with E-state index in [0.29, 0.717) is 12.5 Å². The highest BCUT2D eigenvalue weighted by Gasteiger charge is 2.22. The SMILES string of the molecule is CC(C)(F)c1nccc(OCc2ccccc2)n1. The second kappa shape index (κ2) is 5.12. The third-order valence-corrected chi connectivity index (χ3v) is 2.39. The standard InChI is InChI=1S/C14H15FN2O/c1-14(2,15)13-16-9-8-12(17-13)18-10-11-6-4-3-5-7-11/h3-9H,10H2,1-2H3. The number of hydrogen-bond donors (Lipinski definition) is 0. The lowest BCUT2D eigenvalue weighted by atomic mass is 10.1. The summed E-state index contributed by atoms with van der Waals surface area (Å²) in [5.41, 5.74) is -0.524. The highest BCUT2D eigenvalue weighted by molar-refractivity contribution is 5.16. The van der Waals surface area contributed by atoms with Crippen LogP contribution in [0.5, 0.6) is 5.88 Å². The summed E-state index contributed by atoms with van der Waals surface area (Å²) in [6.45, 7) is 3.25. The number of aromatic nitrogens is 2. The molecule has 1 aromatic heterocycles. The number of ether oxygens (including phenoxy) is 1. The Labute approximate surface area is 106 Å². The number of rotatable bonds is 4. The van der Waals surface area contributed by atoms with Crippen LogP contribution in [0.4, 0.5) is 4.39 Å². The number of nitrogens with zero attached hydrogens (tertiary/aromatic N) is 2. The van der Waals surface area contributed by atoms with Crippen molar-refractivity contribution in [3.05, 3.63) is 54.0 Å². The monoisotopic (exact) mass is 246 g/mol. The summed E-state index contributed by atoms with van der Waals surface area (Å²) in [5, 5.41) is 0. The molecule has 0 aliphatic rings. The summed E-state index contributed by atoms with van der Waals surface area (Å²) >= 11 is 0. The van der Waals surface area contributed by atoms with Crippen LogP contribution < -0.4 is 4.74 Å². The second-order valence-electron chi connectivity index (χ2n) is 4.47. The molecule has 0 spiro atoms. The van der Waals surface area contributed by atoms with Gasteiger partial charge in [-0.05, 0) is 19.4 Å². The molecule has 0 fully saturated rings. The van der Waals surface area contributed by atoms with E-state index < -0.39 is 5.67 Å². The molecule has 2 aromatic rings. The van der Waals surface area contributed by atoms with Gasteiger partial charge in [0, 0.05) is 12.3 Å². The Morgan fingerprint density at radius 2 is 1.89 bits per heavy atom. The van der Waals surface area contributed by atoms with E-state index in [2.05, 4.69) is 9.97 Å². The number of benzene rings is 1. The molecule has 3 nitrogen and oxygen atoms in total. The van der Waals surface area contributed by atoms with Gasteiger partial charge in [-0.2, -0.15) is 4.98 Å². The lowest BCUT2D eigenvalue weighted by molar-refractivity contribution is 0.201. The smallest absolute Gasteiger partial charge is 0.216 e. The average molecular weight is 246 g/mol. The Morgan fingerprint density at radius 3 is 2.56 bits per heavy atom. The van der Waals surface area contributed by atoms with Gasteiger partial charge in [0.2, 0.25) is 5.88 Å². The van der Waals surface area contributed by atoms with Gasteiger partial charge in [0.05, 0.1) is 0 Å². The van der Waals surface area contributed by atoms with E-state index in [1.807, 2.05) is 30.3 Å². The van der Waals surface area contributed by atoms with E-state index in [1.165, 1.54) is 20.0 Å². The molecule has 0 radical (unpaired) electrons. The van der Waals surface area contributed by atoms with Gasteiger partial charge in [0.15, 0.2) is 11.5 Å². The zero-order valence-electron chi connectivity index (χ0n) is 10.4. The second-order valence-corrected chi connectivity index (χ2v) is 4.47. The first-order chi connectivity index (χ1) is 8.55. The van der Waals surface area contributed by atoms with E-state index >= 15 is 0 Å². The van der Waals surface area contributed by atoms with Crippen LogP contribution in [0.25, 0.3) is 0 Å². The highest BCUT2D eigenvalue weighted by atomic mass is 19.1. The fourth-order valence-electron chi connectivity index (χ4n) is 1.44. The minimum absolute atomic E-state index is 0.132. The maximum Gasteiger partial charge on any atom is 0.216 e. The van der Waals surface area contributed by atoms with E-state index in [9.17, 15) is 4.39 Å². The molecule has 0 bridgehead atoms. The molecule has 0 N–H and O–H groups in total. The molecule has 0 unspecified atom stereocenters. The van der Waals surface area contributed by atoms with Gasteiger partial charge in [-0.25, -0.2) is 9.37 Å². The third-order valence-electron chi connectivity index (χ3n) is 2.39. The fourth-order valence-corrected chi connectivity index (χ4v) is 1.44. The Balaban J connectivity index is 2.06. The van der Waals surface area contributed by atoms with E-state index in [1.54, 1.807) is 6.07 Å². The topological polar surface area (TPSA) is 35.0 Å². The third kappa shape index (κ3) is 3.26. The van der Waals surface area contributed by atoms with Crippen molar-refractivity contribution in [1.29, 1.82) is 0 Å². The van der Waals surface area contributed by atoms with Crippen molar-refractivity contribution in [3.8, 4) is 5.88 Å². The molecule has 1 aromatic carbocycles. The zero-order chi connectivity index (χ0) is 13.0. The van der Waals surface area contributed by atoms with Crippen LogP contribution in [0, 0.1) is 0 Å². The van der Waals surface area contributed by atoms with Crippen LogP contribution in [-0.4, -0.2) is 9.97 Å². The molecule has 0 aliphatic carbocycles. The first-order valence-corrected chi connectivity index (χ1v) is 5.75. The molecule has 18 heavy (non-hydrogen) atoms. The summed E-state index contributed by atoms with van der Waals surface area (Å²) in [7, 11) is 0. The van der Waals surface area contributed by atoms with Crippen molar-refractivity contribution in [2.45, 2.75) is 26.1 Å². The van der Waals surface area contributed by atoms with Gasteiger partial charge in [0.25, 0.3) is 0 Å². The predicted octanol–water partition coefficient (Wildman–Crippen LogP) is 3.26. The molecular weight excluding hydrogens is 231 g/mol. The van der Waals surface area contributed by atoms with Crippen molar-refractivity contribution >= 4 is 0 Å². The summed E-state index contributed by atoms with van der Waals surface area (Å²) < 4.78 is 19.2. The normalized spacial score (nSPS) is 11.3. The maximum absolute atomic E-state index is 13.7. The molecule has 0 amide bonds. The number of hydrogen-bond acceptors (Lipinski definition) is 3. The first kappa shape index (κ1) is 12.5. The Bertz CT molecular complexity index is 509. The minimum atomic E-state index is -1.56. The number of halogens is 1. The highest BCUT2D eigenvalue weighted by Crippen LogP contribution is 2.22. The van der Waals surface area contributed by atoms with E-state index in [4.69, 9.17) is 4.74 Å². The molecule has 94 valence electrons. The van der Waals surface area contributed by atoms with Gasteiger partial charge in [-0.15, -0.1) is 0 Å². The maximum atomic E-state index is 13.7. The van der Waals surface area contributed by atoms with Gasteiger partial charge in [0.1, 0.15) is 6.61 Å². The molecule has 0 saturated carbocycles. The molecule has 2 rings (SSSR count). The summed E-state index contributed by atoms with van der Waals surface area (Å²) in [6.07, 6.45) is 1.50. The molecule has 0 saturated heterocycles. The van der Waals surface area contributed by atoms with Crippen LogP contribution in [-0.2, 0) is 12.3 Å². The van der Waals surface area contributed by atoms with Gasteiger partial charge in [-0.1, -0.05) is 30.3 Å². The molecule has 1 heterocycles. The minimum Gasteiger partial charge on any atom is -0.473 e. The van der Waals surface area contributed by atoms with Gasteiger partial charge < -0.3 is 4.74 Å². The average Bonchev–Trinajstić information content (AvgIpc) is 2.37. The number of alkyl halides is 1. The van der Waals surface area contributed by atoms with E-state index in [0.717, 1.165) is 5.56 Å². The summed E-state index contributed by atoms with van der Waals surface area (Å²) in [6, 6.07) is 11.4. The molecule has 0 atom stereocenters. The Morgan fingerprint density at radius 1 is 1.17 bits per heavy atom. The first-order valence-electron chi connectivity index (χ1n) is 5.75. The molecule has 0 aliphatic heterocycles.